The maximum Gasteiger partial charge on any atom is 0.320 e. The van der Waals surface area contributed by atoms with E-state index in [0.29, 0.717) is 12.1 Å². The predicted molar refractivity (Wildman–Crippen MR) is 73.3 cm³/mol. The first-order chi connectivity index (χ1) is 9.11. The molecule has 2 aliphatic rings. The topological polar surface area (TPSA) is 53.0 Å². The van der Waals surface area contributed by atoms with Crippen LogP contribution in [0.1, 0.15) is 32.6 Å². The molecular formula is C14H26N2O3. The van der Waals surface area contributed by atoms with Gasteiger partial charge >= 0.3 is 5.97 Å². The van der Waals surface area contributed by atoms with Crippen molar-refractivity contribution in [1.29, 1.82) is 0 Å². The number of piperazine rings is 1. The molecule has 1 saturated heterocycles. The Hall–Kier alpha value is -0.650. The molecule has 2 rings (SSSR count). The largest absolute Gasteiger partial charge is 0.480 e. The fourth-order valence-corrected chi connectivity index (χ4v) is 3.31. The van der Waals surface area contributed by atoms with Crippen LogP contribution in [0, 0.1) is 0 Å². The summed E-state index contributed by atoms with van der Waals surface area (Å²) in [6.45, 7) is 5.47. The van der Waals surface area contributed by atoms with Gasteiger partial charge in [0, 0.05) is 39.3 Å². The van der Waals surface area contributed by atoms with E-state index < -0.39 is 5.97 Å². The highest BCUT2D eigenvalue weighted by Crippen LogP contribution is 2.25. The van der Waals surface area contributed by atoms with E-state index in [4.69, 9.17) is 9.84 Å². The molecule has 0 radical (unpaired) electrons. The first-order valence-electron chi connectivity index (χ1n) is 7.35. The zero-order chi connectivity index (χ0) is 13.8. The molecule has 110 valence electrons. The molecule has 0 aromatic rings. The zero-order valence-corrected chi connectivity index (χ0v) is 12.0. The fraction of sp³-hybridized carbons (Fsp3) is 0.929. The van der Waals surface area contributed by atoms with Gasteiger partial charge in [-0.25, -0.2) is 0 Å². The van der Waals surface area contributed by atoms with Crippen molar-refractivity contribution in [3.63, 3.8) is 0 Å². The molecule has 0 spiro atoms. The van der Waals surface area contributed by atoms with Crippen LogP contribution in [0.4, 0.5) is 0 Å². The summed E-state index contributed by atoms with van der Waals surface area (Å²) in [4.78, 5) is 15.6. The minimum atomic E-state index is -0.717. The van der Waals surface area contributed by atoms with Crippen LogP contribution in [0.2, 0.25) is 0 Å². The van der Waals surface area contributed by atoms with Crippen molar-refractivity contribution < 1.29 is 14.6 Å². The molecule has 0 aromatic heterocycles. The van der Waals surface area contributed by atoms with Gasteiger partial charge in [0.05, 0.1) is 6.10 Å². The van der Waals surface area contributed by atoms with Gasteiger partial charge in [-0.05, 0) is 32.6 Å². The quantitative estimate of drug-likeness (QED) is 0.827. The lowest BCUT2D eigenvalue weighted by Crippen LogP contribution is -2.55. The molecule has 5 heteroatoms. The summed E-state index contributed by atoms with van der Waals surface area (Å²) in [6.07, 6.45) is 5.23. The zero-order valence-electron chi connectivity index (χ0n) is 12.0. The molecule has 0 aromatic carbocycles. The molecule has 3 atom stereocenters. The van der Waals surface area contributed by atoms with Crippen molar-refractivity contribution in [2.24, 2.45) is 0 Å². The molecule has 1 saturated carbocycles. The molecule has 5 nitrogen and oxygen atoms in total. The van der Waals surface area contributed by atoms with Crippen molar-refractivity contribution in [2.75, 3.05) is 33.3 Å². The number of carboxylic acids is 1. The Balaban J connectivity index is 1.81. The summed E-state index contributed by atoms with van der Waals surface area (Å²) in [6, 6.07) is 0.265. The highest BCUT2D eigenvalue weighted by atomic mass is 16.5. The normalized spacial score (nSPS) is 32.1. The average Bonchev–Trinajstić information content (AvgIpc) is 2.46. The van der Waals surface area contributed by atoms with Crippen molar-refractivity contribution in [1.82, 2.24) is 9.80 Å². The van der Waals surface area contributed by atoms with E-state index in [-0.39, 0.29) is 6.04 Å². The van der Waals surface area contributed by atoms with Crippen LogP contribution in [0.25, 0.3) is 0 Å². The Morgan fingerprint density at radius 3 is 2.53 bits per heavy atom. The van der Waals surface area contributed by atoms with Gasteiger partial charge in [-0.1, -0.05) is 0 Å². The Morgan fingerprint density at radius 2 is 1.95 bits per heavy atom. The first-order valence-corrected chi connectivity index (χ1v) is 7.35. The van der Waals surface area contributed by atoms with Gasteiger partial charge < -0.3 is 9.84 Å². The van der Waals surface area contributed by atoms with Crippen LogP contribution in [0.5, 0.6) is 0 Å². The number of aliphatic carboxylic acids is 1. The Bertz CT molecular complexity index is 303. The lowest BCUT2D eigenvalue weighted by atomic mass is 9.91. The molecule has 2 fully saturated rings. The molecular weight excluding hydrogens is 244 g/mol. The van der Waals surface area contributed by atoms with E-state index in [2.05, 4.69) is 9.80 Å². The Morgan fingerprint density at radius 1 is 1.26 bits per heavy atom. The van der Waals surface area contributed by atoms with Crippen molar-refractivity contribution in [3.05, 3.63) is 0 Å². The van der Waals surface area contributed by atoms with Gasteiger partial charge in [-0.2, -0.15) is 0 Å². The minimum Gasteiger partial charge on any atom is -0.480 e. The third kappa shape index (κ3) is 3.68. The number of hydrogen-bond donors (Lipinski definition) is 1. The minimum absolute atomic E-state index is 0.361. The predicted octanol–water partition coefficient (Wildman–Crippen LogP) is 1.03. The number of rotatable bonds is 4. The van der Waals surface area contributed by atoms with Crippen LogP contribution in [0.3, 0.4) is 0 Å². The number of ether oxygens (including phenoxy) is 1. The molecule has 1 heterocycles. The van der Waals surface area contributed by atoms with Gasteiger partial charge in [0.1, 0.15) is 6.04 Å². The van der Waals surface area contributed by atoms with Gasteiger partial charge in [-0.3, -0.25) is 14.6 Å². The first kappa shape index (κ1) is 14.8. The number of hydrogen-bond acceptors (Lipinski definition) is 4. The maximum absolute atomic E-state index is 11.0. The molecule has 0 amide bonds. The van der Waals surface area contributed by atoms with Crippen LogP contribution < -0.4 is 0 Å². The molecule has 1 aliphatic heterocycles. The second-order valence-corrected chi connectivity index (χ2v) is 5.76. The van der Waals surface area contributed by atoms with Gasteiger partial charge in [0.15, 0.2) is 0 Å². The molecule has 3 unspecified atom stereocenters. The van der Waals surface area contributed by atoms with Gasteiger partial charge in [-0.15, -0.1) is 0 Å². The lowest BCUT2D eigenvalue weighted by Gasteiger charge is -2.43. The molecule has 19 heavy (non-hydrogen) atoms. The van der Waals surface area contributed by atoms with Crippen LogP contribution in [-0.2, 0) is 9.53 Å². The van der Waals surface area contributed by atoms with Crippen molar-refractivity contribution >= 4 is 5.97 Å². The van der Waals surface area contributed by atoms with E-state index in [1.807, 2.05) is 0 Å². The third-order valence-electron chi connectivity index (χ3n) is 4.70. The van der Waals surface area contributed by atoms with E-state index in [0.717, 1.165) is 32.6 Å². The van der Waals surface area contributed by atoms with Crippen LogP contribution >= 0.6 is 0 Å². The summed E-state index contributed by atoms with van der Waals surface area (Å²) >= 11 is 0. The lowest BCUT2D eigenvalue weighted by molar-refractivity contribution is -0.143. The Labute approximate surface area is 115 Å². The summed E-state index contributed by atoms with van der Waals surface area (Å²) in [5, 5.41) is 9.04. The summed E-state index contributed by atoms with van der Waals surface area (Å²) < 4.78 is 5.49. The second-order valence-electron chi connectivity index (χ2n) is 5.76. The van der Waals surface area contributed by atoms with Crippen LogP contribution in [-0.4, -0.2) is 72.4 Å². The molecule has 1 N–H and O–H groups in total. The monoisotopic (exact) mass is 270 g/mol. The Kier molecular flexibility index (Phi) is 5.19. The van der Waals surface area contributed by atoms with E-state index >= 15 is 0 Å². The van der Waals surface area contributed by atoms with Crippen LogP contribution in [0.15, 0.2) is 0 Å². The summed E-state index contributed by atoms with van der Waals surface area (Å²) in [5.41, 5.74) is 0. The average molecular weight is 270 g/mol. The summed E-state index contributed by atoms with van der Waals surface area (Å²) in [5.74, 6) is -0.717. The number of carbonyl (C=O) groups is 1. The maximum atomic E-state index is 11.0. The SMILES string of the molecule is COC1CCCC(N2CCN(C(C)C(=O)O)CC2)C1. The molecule has 0 bridgehead atoms. The van der Waals surface area contributed by atoms with Crippen molar-refractivity contribution in [3.8, 4) is 0 Å². The number of methoxy groups -OCH3 is 1. The smallest absolute Gasteiger partial charge is 0.320 e. The third-order valence-corrected chi connectivity index (χ3v) is 4.70. The molecule has 1 aliphatic carbocycles. The van der Waals surface area contributed by atoms with Crippen molar-refractivity contribution in [2.45, 2.75) is 50.8 Å². The van der Waals surface area contributed by atoms with E-state index in [9.17, 15) is 4.79 Å². The number of carboxylic acid groups (broad SMARTS) is 1. The number of nitrogens with zero attached hydrogens (tertiary/aromatic N) is 2. The second kappa shape index (κ2) is 6.68. The highest BCUT2D eigenvalue weighted by Gasteiger charge is 2.31. The van der Waals surface area contributed by atoms with E-state index in [1.165, 1.54) is 19.3 Å². The van der Waals surface area contributed by atoms with Gasteiger partial charge in [0.25, 0.3) is 0 Å². The fourth-order valence-electron chi connectivity index (χ4n) is 3.31. The van der Waals surface area contributed by atoms with Gasteiger partial charge in [0.2, 0.25) is 0 Å². The highest BCUT2D eigenvalue weighted by molar-refractivity contribution is 5.72. The summed E-state index contributed by atoms with van der Waals surface area (Å²) in [7, 11) is 1.81. The standard InChI is InChI=1S/C14H26N2O3/c1-11(14(17)18)15-6-8-16(9-7-15)12-4-3-5-13(10-12)19-2/h11-13H,3-10H2,1-2H3,(H,17,18). The van der Waals surface area contributed by atoms with E-state index in [1.54, 1.807) is 14.0 Å².